The Morgan fingerprint density at radius 1 is 1.64 bits per heavy atom. The van der Waals surface area contributed by atoms with Gasteiger partial charge in [-0.1, -0.05) is 0 Å². The summed E-state index contributed by atoms with van der Waals surface area (Å²) in [4.78, 5) is 10.7. The molecule has 0 saturated heterocycles. The number of aliphatic carboxylic acids is 1. The van der Waals surface area contributed by atoms with Crippen LogP contribution in [0, 0.1) is 6.92 Å². The number of nitrogens with zero attached hydrogens (tertiary/aromatic N) is 2. The fourth-order valence-corrected chi connectivity index (χ4v) is 1.96. The minimum atomic E-state index is -0.775. The Balaban J connectivity index is 2.39. The van der Waals surface area contributed by atoms with Crippen LogP contribution >= 0.6 is 0 Å². The lowest BCUT2D eigenvalue weighted by Gasteiger charge is -2.02. The Morgan fingerprint density at radius 2 is 2.29 bits per heavy atom. The molecule has 0 unspecified atom stereocenters. The normalized spacial score (nSPS) is 15.9. The van der Waals surface area contributed by atoms with Crippen molar-refractivity contribution in [1.82, 2.24) is 9.78 Å². The molecule has 0 bridgehead atoms. The Hall–Kier alpha value is -1.32. The van der Waals surface area contributed by atoms with Crippen molar-refractivity contribution < 1.29 is 9.90 Å². The van der Waals surface area contributed by atoms with Gasteiger partial charge in [0.1, 0.15) is 0 Å². The maximum atomic E-state index is 10.7. The first-order valence-electron chi connectivity index (χ1n) is 4.83. The molecule has 1 aromatic heterocycles. The van der Waals surface area contributed by atoms with Crippen molar-refractivity contribution in [2.75, 3.05) is 0 Å². The molecule has 4 nitrogen and oxygen atoms in total. The van der Waals surface area contributed by atoms with E-state index in [4.69, 9.17) is 5.11 Å². The van der Waals surface area contributed by atoms with Crippen LogP contribution in [0.4, 0.5) is 0 Å². The van der Waals surface area contributed by atoms with Gasteiger partial charge in [0, 0.05) is 24.2 Å². The van der Waals surface area contributed by atoms with Crippen LogP contribution in [0.15, 0.2) is 0 Å². The van der Waals surface area contributed by atoms with Crippen LogP contribution in [0.3, 0.4) is 0 Å². The van der Waals surface area contributed by atoms with Gasteiger partial charge >= 0.3 is 5.97 Å². The molecular weight excluding hydrogens is 180 g/mol. The smallest absolute Gasteiger partial charge is 0.307 e. The quantitative estimate of drug-likeness (QED) is 0.787. The highest BCUT2D eigenvalue weighted by Gasteiger charge is 2.31. The summed E-state index contributed by atoms with van der Waals surface area (Å²) in [6.45, 7) is 1.88. The van der Waals surface area contributed by atoms with Gasteiger partial charge in [-0.15, -0.1) is 0 Å². The third-order valence-corrected chi connectivity index (χ3v) is 2.69. The molecule has 2 rings (SSSR count). The van der Waals surface area contributed by atoms with Crippen molar-refractivity contribution >= 4 is 5.97 Å². The number of aryl methyl sites for hydroxylation is 2. The molecule has 0 aliphatic heterocycles. The van der Waals surface area contributed by atoms with Gasteiger partial charge in [-0.25, -0.2) is 0 Å². The SMILES string of the molecule is Cc1nn(C)c(C2CC2)c1CC(=O)O. The highest BCUT2D eigenvalue weighted by molar-refractivity contribution is 5.71. The zero-order valence-corrected chi connectivity index (χ0v) is 8.45. The number of aromatic nitrogens is 2. The second kappa shape index (κ2) is 3.12. The highest BCUT2D eigenvalue weighted by Crippen LogP contribution is 2.42. The van der Waals surface area contributed by atoms with Crippen molar-refractivity contribution in [3.63, 3.8) is 0 Å². The lowest BCUT2D eigenvalue weighted by Crippen LogP contribution is -2.04. The predicted molar refractivity (Wildman–Crippen MR) is 51.3 cm³/mol. The average Bonchev–Trinajstić information content (AvgIpc) is 2.82. The maximum absolute atomic E-state index is 10.7. The van der Waals surface area contributed by atoms with Crippen molar-refractivity contribution in [1.29, 1.82) is 0 Å². The fraction of sp³-hybridized carbons (Fsp3) is 0.600. The van der Waals surface area contributed by atoms with Crippen molar-refractivity contribution in [2.24, 2.45) is 7.05 Å². The van der Waals surface area contributed by atoms with E-state index in [0.717, 1.165) is 17.0 Å². The molecule has 14 heavy (non-hydrogen) atoms. The van der Waals surface area contributed by atoms with E-state index in [2.05, 4.69) is 5.10 Å². The van der Waals surface area contributed by atoms with Crippen LogP contribution in [0.1, 0.15) is 35.7 Å². The molecule has 1 aromatic rings. The van der Waals surface area contributed by atoms with Crippen LogP contribution in [0.25, 0.3) is 0 Å². The molecule has 0 amide bonds. The highest BCUT2D eigenvalue weighted by atomic mass is 16.4. The van der Waals surface area contributed by atoms with Crippen molar-refractivity contribution in [3.05, 3.63) is 17.0 Å². The van der Waals surface area contributed by atoms with Crippen LogP contribution in [0.2, 0.25) is 0 Å². The largest absolute Gasteiger partial charge is 0.481 e. The third-order valence-electron chi connectivity index (χ3n) is 2.69. The Bertz CT molecular complexity index is 378. The number of hydrogen-bond donors (Lipinski definition) is 1. The standard InChI is InChI=1S/C10H14N2O2/c1-6-8(5-9(13)14)10(7-3-4-7)12(2)11-6/h7H,3-5H2,1-2H3,(H,13,14). The molecule has 0 spiro atoms. The van der Waals surface area contributed by atoms with E-state index in [-0.39, 0.29) is 6.42 Å². The summed E-state index contributed by atoms with van der Waals surface area (Å²) in [5, 5.41) is 13.1. The Labute approximate surface area is 82.5 Å². The molecule has 1 aliphatic rings. The molecule has 76 valence electrons. The number of carboxylic acids is 1. The number of carboxylic acid groups (broad SMARTS) is 1. The first-order chi connectivity index (χ1) is 6.59. The van der Waals surface area contributed by atoms with E-state index in [1.807, 2.05) is 18.7 Å². The van der Waals surface area contributed by atoms with E-state index in [0.29, 0.717) is 5.92 Å². The maximum Gasteiger partial charge on any atom is 0.307 e. The van der Waals surface area contributed by atoms with Gasteiger partial charge in [0.05, 0.1) is 12.1 Å². The zero-order valence-electron chi connectivity index (χ0n) is 8.45. The lowest BCUT2D eigenvalue weighted by molar-refractivity contribution is -0.136. The lowest BCUT2D eigenvalue weighted by atomic mass is 10.1. The molecule has 1 saturated carbocycles. The summed E-state index contributed by atoms with van der Waals surface area (Å²) in [5.74, 6) is -0.224. The van der Waals surface area contributed by atoms with Crippen LogP contribution in [0.5, 0.6) is 0 Å². The van der Waals surface area contributed by atoms with Crippen LogP contribution in [-0.4, -0.2) is 20.9 Å². The number of rotatable bonds is 3. The van der Waals surface area contributed by atoms with Gasteiger partial charge < -0.3 is 5.11 Å². The fourth-order valence-electron chi connectivity index (χ4n) is 1.96. The molecule has 1 fully saturated rings. The Morgan fingerprint density at radius 3 is 2.79 bits per heavy atom. The second-order valence-corrected chi connectivity index (χ2v) is 3.92. The van der Waals surface area contributed by atoms with E-state index in [1.165, 1.54) is 12.8 Å². The summed E-state index contributed by atoms with van der Waals surface area (Å²) < 4.78 is 1.84. The van der Waals surface area contributed by atoms with E-state index < -0.39 is 5.97 Å². The minimum absolute atomic E-state index is 0.103. The monoisotopic (exact) mass is 194 g/mol. The molecule has 0 aromatic carbocycles. The van der Waals surface area contributed by atoms with Gasteiger partial charge in [-0.05, 0) is 19.8 Å². The van der Waals surface area contributed by atoms with Gasteiger partial charge in [-0.3, -0.25) is 9.48 Å². The van der Waals surface area contributed by atoms with Crippen molar-refractivity contribution in [3.8, 4) is 0 Å². The van der Waals surface area contributed by atoms with Gasteiger partial charge in [0.15, 0.2) is 0 Å². The molecule has 1 heterocycles. The molecule has 1 N–H and O–H groups in total. The van der Waals surface area contributed by atoms with E-state index in [1.54, 1.807) is 0 Å². The number of hydrogen-bond acceptors (Lipinski definition) is 2. The topological polar surface area (TPSA) is 55.1 Å². The van der Waals surface area contributed by atoms with Crippen molar-refractivity contribution in [2.45, 2.75) is 32.1 Å². The third kappa shape index (κ3) is 1.52. The first kappa shape index (κ1) is 9.24. The summed E-state index contributed by atoms with van der Waals surface area (Å²) in [5.41, 5.74) is 2.91. The summed E-state index contributed by atoms with van der Waals surface area (Å²) in [6, 6.07) is 0. The minimum Gasteiger partial charge on any atom is -0.481 e. The second-order valence-electron chi connectivity index (χ2n) is 3.92. The predicted octanol–water partition coefficient (Wildman–Crippen LogP) is 1.23. The summed E-state index contributed by atoms with van der Waals surface area (Å²) in [7, 11) is 1.89. The molecule has 4 heteroatoms. The summed E-state index contributed by atoms with van der Waals surface area (Å²) in [6.07, 6.45) is 2.45. The number of carbonyl (C=O) groups is 1. The molecule has 1 aliphatic carbocycles. The van der Waals surface area contributed by atoms with Gasteiger partial charge in [0.25, 0.3) is 0 Å². The molecule has 0 radical (unpaired) electrons. The average molecular weight is 194 g/mol. The molecule has 0 atom stereocenters. The van der Waals surface area contributed by atoms with Gasteiger partial charge in [0.2, 0.25) is 0 Å². The summed E-state index contributed by atoms with van der Waals surface area (Å²) >= 11 is 0. The van der Waals surface area contributed by atoms with E-state index in [9.17, 15) is 4.79 Å². The zero-order chi connectivity index (χ0) is 10.3. The Kier molecular flexibility index (Phi) is 2.06. The van der Waals surface area contributed by atoms with E-state index >= 15 is 0 Å². The van der Waals surface area contributed by atoms with Crippen LogP contribution in [-0.2, 0) is 18.3 Å². The van der Waals surface area contributed by atoms with Crippen LogP contribution < -0.4 is 0 Å². The van der Waals surface area contributed by atoms with Gasteiger partial charge in [-0.2, -0.15) is 5.10 Å². The molecular formula is C10H14N2O2. The first-order valence-corrected chi connectivity index (χ1v) is 4.83.